The number of epoxide rings is 1. The fraction of sp³-hybridized carbons (Fsp3) is 0.333. The van der Waals surface area contributed by atoms with Gasteiger partial charge in [-0.2, -0.15) is 0 Å². The van der Waals surface area contributed by atoms with Crippen molar-refractivity contribution in [2.75, 3.05) is 13.2 Å². The number of hydrogen-bond donors (Lipinski definition) is 0. The molecule has 0 N–H and O–H groups in total. The molecule has 1 unspecified atom stereocenters. The molecule has 0 aliphatic carbocycles. The zero-order chi connectivity index (χ0) is 13.3. The van der Waals surface area contributed by atoms with Crippen molar-refractivity contribution >= 4 is 46.4 Å². The second-order valence-electron chi connectivity index (χ2n) is 4.05. The molecular formula is C12H10Cl4O2. The lowest BCUT2D eigenvalue weighted by Crippen LogP contribution is -2.21. The lowest BCUT2D eigenvalue weighted by molar-refractivity contribution is 0.191. The fourth-order valence-electron chi connectivity index (χ4n) is 1.51. The summed E-state index contributed by atoms with van der Waals surface area (Å²) >= 11 is 23.8. The number of ether oxygens (including phenoxy) is 2. The summed E-state index contributed by atoms with van der Waals surface area (Å²) < 4.78 is 11.0. The molecule has 2 nitrogen and oxygen atoms in total. The average Bonchev–Trinajstić information content (AvgIpc) is 3.07. The Kier molecular flexibility index (Phi) is 4.35. The van der Waals surface area contributed by atoms with Gasteiger partial charge in [-0.05, 0) is 12.5 Å². The van der Waals surface area contributed by atoms with E-state index in [0.29, 0.717) is 35.4 Å². The molecule has 0 saturated carbocycles. The Bertz CT molecular complexity index is 483. The van der Waals surface area contributed by atoms with Crippen LogP contribution < -0.4 is 4.74 Å². The van der Waals surface area contributed by atoms with Crippen LogP contribution in [0.15, 0.2) is 18.7 Å². The van der Waals surface area contributed by atoms with Crippen LogP contribution in [-0.4, -0.2) is 18.8 Å². The van der Waals surface area contributed by atoms with Crippen molar-refractivity contribution in [2.24, 2.45) is 0 Å². The highest BCUT2D eigenvalue weighted by molar-refractivity contribution is 6.50. The maximum atomic E-state index is 6.04. The van der Waals surface area contributed by atoms with Crippen molar-refractivity contribution in [3.05, 3.63) is 38.8 Å². The van der Waals surface area contributed by atoms with Gasteiger partial charge >= 0.3 is 0 Å². The molecule has 1 aromatic carbocycles. The van der Waals surface area contributed by atoms with Crippen LogP contribution in [0.3, 0.4) is 0 Å². The lowest BCUT2D eigenvalue weighted by Gasteiger charge is -2.15. The highest BCUT2D eigenvalue weighted by atomic mass is 35.5. The highest BCUT2D eigenvalue weighted by Crippen LogP contribution is 2.43. The van der Waals surface area contributed by atoms with Crippen molar-refractivity contribution in [1.29, 1.82) is 0 Å². The molecule has 0 radical (unpaired) electrons. The molecule has 1 atom stereocenters. The third kappa shape index (κ3) is 2.89. The Balaban J connectivity index is 2.15. The van der Waals surface area contributed by atoms with Crippen molar-refractivity contribution in [3.8, 4) is 5.75 Å². The Morgan fingerprint density at radius 3 is 2.50 bits per heavy atom. The Morgan fingerprint density at radius 1 is 1.28 bits per heavy atom. The minimum Gasteiger partial charge on any atom is -0.487 e. The first-order chi connectivity index (χ1) is 8.49. The van der Waals surface area contributed by atoms with E-state index in [0.717, 1.165) is 0 Å². The summed E-state index contributed by atoms with van der Waals surface area (Å²) in [4.78, 5) is 0. The molecule has 0 bridgehead atoms. The first-order valence-electron chi connectivity index (χ1n) is 5.20. The van der Waals surface area contributed by atoms with Crippen molar-refractivity contribution in [1.82, 2.24) is 0 Å². The number of hydrogen-bond acceptors (Lipinski definition) is 2. The highest BCUT2D eigenvalue weighted by Gasteiger charge is 2.44. The normalized spacial score (nSPS) is 21.8. The second kappa shape index (κ2) is 5.48. The van der Waals surface area contributed by atoms with Gasteiger partial charge in [-0.1, -0.05) is 52.5 Å². The topological polar surface area (TPSA) is 21.8 Å². The smallest absolute Gasteiger partial charge is 0.158 e. The molecule has 0 amide bonds. The third-order valence-corrected chi connectivity index (χ3v) is 4.15. The minimum absolute atomic E-state index is 0.212. The van der Waals surface area contributed by atoms with E-state index in [4.69, 9.17) is 55.9 Å². The molecule has 1 saturated heterocycles. The fourth-order valence-corrected chi connectivity index (χ4v) is 2.52. The van der Waals surface area contributed by atoms with Gasteiger partial charge in [0.1, 0.15) is 17.2 Å². The van der Waals surface area contributed by atoms with E-state index in [1.54, 1.807) is 6.08 Å². The molecule has 1 heterocycles. The van der Waals surface area contributed by atoms with Gasteiger partial charge in [0.05, 0.1) is 21.7 Å². The van der Waals surface area contributed by atoms with Gasteiger partial charge in [-0.3, -0.25) is 0 Å². The van der Waals surface area contributed by atoms with Crippen LogP contribution in [-0.2, 0) is 4.74 Å². The van der Waals surface area contributed by atoms with E-state index >= 15 is 0 Å². The first kappa shape index (κ1) is 14.3. The molecule has 6 heteroatoms. The number of rotatable bonds is 5. The van der Waals surface area contributed by atoms with Gasteiger partial charge in [0.15, 0.2) is 5.75 Å². The zero-order valence-electron chi connectivity index (χ0n) is 9.31. The van der Waals surface area contributed by atoms with Crippen LogP contribution in [0.2, 0.25) is 20.1 Å². The molecular weight excluding hydrogens is 318 g/mol. The maximum absolute atomic E-state index is 6.04. The molecule has 18 heavy (non-hydrogen) atoms. The number of halogens is 4. The molecule has 1 aromatic rings. The molecule has 1 aliphatic rings. The van der Waals surface area contributed by atoms with Gasteiger partial charge in [-0.15, -0.1) is 6.58 Å². The van der Waals surface area contributed by atoms with Crippen LogP contribution in [0.5, 0.6) is 5.75 Å². The molecule has 0 aromatic heterocycles. The van der Waals surface area contributed by atoms with Crippen LogP contribution in [0.4, 0.5) is 0 Å². The summed E-state index contributed by atoms with van der Waals surface area (Å²) in [7, 11) is 0. The molecule has 1 fully saturated rings. The predicted octanol–water partition coefficient (Wildman–Crippen LogP) is 5.02. The summed E-state index contributed by atoms with van der Waals surface area (Å²) in [5.41, 5.74) is -0.305. The summed E-state index contributed by atoms with van der Waals surface area (Å²) in [5, 5.41) is 1.06. The first-order valence-corrected chi connectivity index (χ1v) is 6.71. The standard InChI is InChI=1S/C12H10Cl4O2/c1-2-3-12(6-18-12)5-17-11-8(14)4-7(13)9(15)10(11)16/h2,4H,1,3,5-6H2. The zero-order valence-corrected chi connectivity index (χ0v) is 12.3. The molecule has 98 valence electrons. The third-order valence-electron chi connectivity index (χ3n) is 2.62. The number of benzene rings is 1. The van der Waals surface area contributed by atoms with Gasteiger partial charge in [0, 0.05) is 0 Å². The second-order valence-corrected chi connectivity index (χ2v) is 5.62. The lowest BCUT2D eigenvalue weighted by atomic mass is 10.1. The Morgan fingerprint density at radius 2 is 1.94 bits per heavy atom. The molecule has 1 aliphatic heterocycles. The van der Waals surface area contributed by atoms with E-state index in [1.807, 2.05) is 0 Å². The largest absolute Gasteiger partial charge is 0.487 e. The monoisotopic (exact) mass is 326 g/mol. The quantitative estimate of drug-likeness (QED) is 0.327. The van der Waals surface area contributed by atoms with E-state index in [1.165, 1.54) is 6.07 Å². The van der Waals surface area contributed by atoms with Gasteiger partial charge < -0.3 is 9.47 Å². The van der Waals surface area contributed by atoms with Gasteiger partial charge in [0.25, 0.3) is 0 Å². The van der Waals surface area contributed by atoms with Crippen LogP contribution in [0, 0.1) is 0 Å². The van der Waals surface area contributed by atoms with E-state index in [2.05, 4.69) is 6.58 Å². The summed E-state index contributed by atoms with van der Waals surface area (Å²) in [5.74, 6) is 0.326. The van der Waals surface area contributed by atoms with Crippen molar-refractivity contribution < 1.29 is 9.47 Å². The van der Waals surface area contributed by atoms with Crippen molar-refractivity contribution in [2.45, 2.75) is 12.0 Å². The van der Waals surface area contributed by atoms with Gasteiger partial charge in [-0.25, -0.2) is 0 Å². The average molecular weight is 328 g/mol. The van der Waals surface area contributed by atoms with E-state index in [-0.39, 0.29) is 15.6 Å². The van der Waals surface area contributed by atoms with E-state index in [9.17, 15) is 0 Å². The predicted molar refractivity (Wildman–Crippen MR) is 75.5 cm³/mol. The minimum atomic E-state index is -0.305. The summed E-state index contributed by atoms with van der Waals surface area (Å²) in [6.07, 6.45) is 2.50. The van der Waals surface area contributed by atoms with Gasteiger partial charge in [0.2, 0.25) is 0 Å². The SMILES string of the molecule is C=CCC1(COc2c(Cl)cc(Cl)c(Cl)c2Cl)CO1. The summed E-state index contributed by atoms with van der Waals surface area (Å²) in [6.45, 7) is 4.65. The molecule has 2 rings (SSSR count). The van der Waals surface area contributed by atoms with Crippen LogP contribution in [0.1, 0.15) is 6.42 Å². The van der Waals surface area contributed by atoms with Crippen LogP contribution in [0.25, 0.3) is 0 Å². The maximum Gasteiger partial charge on any atom is 0.158 e. The Hall–Kier alpha value is -0.120. The summed E-state index contributed by atoms with van der Waals surface area (Å²) in [6, 6.07) is 1.50. The molecule has 0 spiro atoms. The Labute approximate surface area is 125 Å². The van der Waals surface area contributed by atoms with Crippen LogP contribution >= 0.6 is 46.4 Å². The van der Waals surface area contributed by atoms with Crippen molar-refractivity contribution in [3.63, 3.8) is 0 Å². The van der Waals surface area contributed by atoms with E-state index < -0.39 is 0 Å².